The molecule has 1 N–H and O–H groups in total. The predicted octanol–water partition coefficient (Wildman–Crippen LogP) is 3.02. The Hall–Kier alpha value is -2.99. The Morgan fingerprint density at radius 3 is 2.46 bits per heavy atom. The lowest BCUT2D eigenvalue weighted by Gasteiger charge is -2.11. The molecule has 0 fully saturated rings. The highest BCUT2D eigenvalue weighted by atomic mass is 16.5. The van der Waals surface area contributed by atoms with Crippen LogP contribution >= 0.6 is 0 Å². The molecule has 0 spiro atoms. The number of methoxy groups -OCH3 is 1. The molecule has 0 saturated carbocycles. The monoisotopic (exact) mass is 377 g/mol. The molecule has 1 heterocycles. The minimum atomic E-state index is -0.409. The molecule has 1 aliphatic rings. The van der Waals surface area contributed by atoms with E-state index in [2.05, 4.69) is 27.6 Å². The van der Waals surface area contributed by atoms with Crippen molar-refractivity contribution in [2.24, 2.45) is 0 Å². The predicted molar refractivity (Wildman–Crippen MR) is 104 cm³/mol. The van der Waals surface area contributed by atoms with Gasteiger partial charge in [-0.25, -0.2) is 0 Å². The summed E-state index contributed by atoms with van der Waals surface area (Å²) in [6.07, 6.45) is 2.09. The summed E-state index contributed by atoms with van der Waals surface area (Å²) in [5.41, 5.74) is 3.58. The number of aryl methyl sites for hydroxylation is 1. The number of hydrogen-bond donors (Lipinski definition) is 1. The van der Waals surface area contributed by atoms with Gasteiger partial charge in [-0.1, -0.05) is 54.6 Å². The van der Waals surface area contributed by atoms with Gasteiger partial charge in [-0.05, 0) is 29.5 Å². The van der Waals surface area contributed by atoms with Crippen LogP contribution < -0.4 is 5.32 Å². The second kappa shape index (κ2) is 8.35. The van der Waals surface area contributed by atoms with E-state index >= 15 is 0 Å². The SMILES string of the molecule is CO[C@H](c1ccccc1)c1nnc(CCC(=O)NC2Cc3ccccc3C2)o1. The second-order valence-electron chi connectivity index (χ2n) is 7.00. The molecule has 144 valence electrons. The first-order valence-corrected chi connectivity index (χ1v) is 9.49. The summed E-state index contributed by atoms with van der Waals surface area (Å²) in [7, 11) is 1.61. The standard InChI is InChI=1S/C22H23N3O3/c1-27-21(15-7-3-2-4-8-15)22-25-24-20(28-22)12-11-19(26)23-18-13-16-9-5-6-10-17(16)14-18/h2-10,18,21H,11-14H2,1H3,(H,23,26)/t21-/m1/s1. The summed E-state index contributed by atoms with van der Waals surface area (Å²) >= 11 is 0. The lowest BCUT2D eigenvalue weighted by atomic mass is 10.1. The van der Waals surface area contributed by atoms with Crippen LogP contribution in [0, 0.1) is 0 Å². The molecule has 1 aliphatic carbocycles. The van der Waals surface area contributed by atoms with Gasteiger partial charge in [0.15, 0.2) is 6.10 Å². The van der Waals surface area contributed by atoms with Crippen molar-refractivity contribution in [2.45, 2.75) is 37.8 Å². The van der Waals surface area contributed by atoms with Crippen LogP contribution in [-0.2, 0) is 28.8 Å². The molecule has 6 nitrogen and oxygen atoms in total. The van der Waals surface area contributed by atoms with Crippen LogP contribution in [0.1, 0.15) is 41.0 Å². The zero-order chi connectivity index (χ0) is 19.3. The average molecular weight is 377 g/mol. The van der Waals surface area contributed by atoms with Crippen molar-refractivity contribution in [3.63, 3.8) is 0 Å². The molecule has 0 aliphatic heterocycles. The lowest BCUT2D eigenvalue weighted by molar-refractivity contribution is -0.121. The minimum absolute atomic E-state index is 0.00362. The molecular formula is C22H23N3O3. The van der Waals surface area contributed by atoms with Crippen LogP contribution in [0.4, 0.5) is 0 Å². The molecule has 0 radical (unpaired) electrons. The molecule has 4 rings (SSSR count). The molecule has 1 amide bonds. The fourth-order valence-electron chi connectivity index (χ4n) is 3.66. The first kappa shape index (κ1) is 18.4. The molecule has 0 saturated heterocycles. The summed E-state index contributed by atoms with van der Waals surface area (Å²) < 4.78 is 11.2. The first-order chi connectivity index (χ1) is 13.7. The van der Waals surface area contributed by atoms with Gasteiger partial charge in [0.1, 0.15) is 0 Å². The van der Waals surface area contributed by atoms with Crippen molar-refractivity contribution in [1.82, 2.24) is 15.5 Å². The Morgan fingerprint density at radius 2 is 1.79 bits per heavy atom. The summed E-state index contributed by atoms with van der Waals surface area (Å²) in [5.74, 6) is 0.845. The van der Waals surface area contributed by atoms with E-state index in [0.29, 0.717) is 24.6 Å². The average Bonchev–Trinajstić information content (AvgIpc) is 3.34. The summed E-state index contributed by atoms with van der Waals surface area (Å²) in [6.45, 7) is 0. The van der Waals surface area contributed by atoms with Crippen LogP contribution in [-0.4, -0.2) is 29.3 Å². The highest BCUT2D eigenvalue weighted by molar-refractivity contribution is 5.76. The Balaban J connectivity index is 1.30. The third-order valence-corrected chi connectivity index (χ3v) is 5.03. The molecule has 1 aromatic heterocycles. The normalized spacial score (nSPS) is 14.6. The zero-order valence-corrected chi connectivity index (χ0v) is 15.8. The maximum Gasteiger partial charge on any atom is 0.249 e. The fourth-order valence-corrected chi connectivity index (χ4v) is 3.66. The minimum Gasteiger partial charge on any atom is -0.422 e. The highest BCUT2D eigenvalue weighted by Crippen LogP contribution is 2.24. The van der Waals surface area contributed by atoms with E-state index in [-0.39, 0.29) is 11.9 Å². The largest absolute Gasteiger partial charge is 0.422 e. The number of carbonyl (C=O) groups is 1. The molecule has 6 heteroatoms. The summed E-state index contributed by atoms with van der Waals surface area (Å²) in [4.78, 5) is 12.3. The van der Waals surface area contributed by atoms with Crippen molar-refractivity contribution in [1.29, 1.82) is 0 Å². The number of ether oxygens (including phenoxy) is 1. The van der Waals surface area contributed by atoms with Gasteiger partial charge in [-0.3, -0.25) is 4.79 Å². The van der Waals surface area contributed by atoms with E-state index in [0.717, 1.165) is 18.4 Å². The quantitative estimate of drug-likeness (QED) is 0.685. The van der Waals surface area contributed by atoms with Crippen molar-refractivity contribution >= 4 is 5.91 Å². The highest BCUT2D eigenvalue weighted by Gasteiger charge is 2.23. The van der Waals surface area contributed by atoms with Crippen molar-refractivity contribution < 1.29 is 13.9 Å². The van der Waals surface area contributed by atoms with E-state index in [1.54, 1.807) is 7.11 Å². The fraction of sp³-hybridized carbons (Fsp3) is 0.318. The number of hydrogen-bond acceptors (Lipinski definition) is 5. The molecule has 0 unspecified atom stereocenters. The Kier molecular flexibility index (Phi) is 5.48. The van der Waals surface area contributed by atoms with Crippen LogP contribution in [0.15, 0.2) is 59.0 Å². The maximum absolute atomic E-state index is 12.3. The van der Waals surface area contributed by atoms with Crippen LogP contribution in [0.25, 0.3) is 0 Å². The van der Waals surface area contributed by atoms with Gasteiger partial charge in [0.05, 0.1) is 0 Å². The lowest BCUT2D eigenvalue weighted by Crippen LogP contribution is -2.35. The number of rotatable bonds is 7. The number of nitrogens with zero attached hydrogens (tertiary/aromatic N) is 2. The zero-order valence-electron chi connectivity index (χ0n) is 15.8. The molecule has 0 bridgehead atoms. The van der Waals surface area contributed by atoms with Gasteiger partial charge in [0.25, 0.3) is 0 Å². The first-order valence-electron chi connectivity index (χ1n) is 9.49. The van der Waals surface area contributed by atoms with Gasteiger partial charge in [0.2, 0.25) is 17.7 Å². The number of aromatic nitrogens is 2. The smallest absolute Gasteiger partial charge is 0.249 e. The second-order valence-corrected chi connectivity index (χ2v) is 7.00. The Labute approximate surface area is 163 Å². The Morgan fingerprint density at radius 1 is 1.11 bits per heavy atom. The van der Waals surface area contributed by atoms with E-state index in [4.69, 9.17) is 9.15 Å². The van der Waals surface area contributed by atoms with E-state index in [1.165, 1.54) is 11.1 Å². The molecule has 2 aromatic carbocycles. The van der Waals surface area contributed by atoms with Gasteiger partial charge < -0.3 is 14.5 Å². The number of fused-ring (bicyclic) bond motifs is 1. The van der Waals surface area contributed by atoms with Gasteiger partial charge in [-0.15, -0.1) is 10.2 Å². The molecule has 3 aromatic rings. The maximum atomic E-state index is 12.3. The topological polar surface area (TPSA) is 77.2 Å². The number of carbonyl (C=O) groups excluding carboxylic acids is 1. The molecule has 28 heavy (non-hydrogen) atoms. The third-order valence-electron chi connectivity index (χ3n) is 5.03. The van der Waals surface area contributed by atoms with Gasteiger partial charge in [-0.2, -0.15) is 0 Å². The molecule has 1 atom stereocenters. The van der Waals surface area contributed by atoms with Crippen molar-refractivity contribution in [2.75, 3.05) is 7.11 Å². The van der Waals surface area contributed by atoms with Crippen LogP contribution in [0.2, 0.25) is 0 Å². The van der Waals surface area contributed by atoms with Crippen LogP contribution in [0.5, 0.6) is 0 Å². The van der Waals surface area contributed by atoms with E-state index in [9.17, 15) is 4.79 Å². The van der Waals surface area contributed by atoms with Crippen molar-refractivity contribution in [3.8, 4) is 0 Å². The van der Waals surface area contributed by atoms with Crippen molar-refractivity contribution in [3.05, 3.63) is 83.1 Å². The van der Waals surface area contributed by atoms with E-state index < -0.39 is 6.10 Å². The van der Waals surface area contributed by atoms with Gasteiger partial charge in [0, 0.05) is 26.0 Å². The number of nitrogens with one attached hydrogen (secondary N) is 1. The van der Waals surface area contributed by atoms with E-state index in [1.807, 2.05) is 42.5 Å². The number of benzene rings is 2. The summed E-state index contributed by atoms with van der Waals surface area (Å²) in [5, 5.41) is 11.3. The Bertz CT molecular complexity index is 914. The van der Waals surface area contributed by atoms with Crippen LogP contribution in [0.3, 0.4) is 0 Å². The molecular weight excluding hydrogens is 354 g/mol. The number of amides is 1. The third kappa shape index (κ3) is 4.12. The summed E-state index contributed by atoms with van der Waals surface area (Å²) in [6, 6.07) is 18.2. The van der Waals surface area contributed by atoms with Gasteiger partial charge >= 0.3 is 0 Å².